The fraction of sp³-hybridized carbons (Fsp3) is 0. The van der Waals surface area contributed by atoms with E-state index in [1.807, 2.05) is 61.2 Å². The lowest BCUT2D eigenvalue weighted by Gasteiger charge is -2.14. The SMILES string of the molecule is O.O.O=S(=O)([O-])c1cccc2c(S(=O)(=O)[O-])cccc12.c1cc[nH+]cc1.c1cc[nH+]cc1. The summed E-state index contributed by atoms with van der Waals surface area (Å²) in [5.74, 6) is 0. The van der Waals surface area contributed by atoms with E-state index < -0.39 is 30.0 Å². The lowest BCUT2D eigenvalue weighted by atomic mass is 10.1. The topological polar surface area (TPSA) is 206 Å². The molecular formula is C20H22N2O8S2. The van der Waals surface area contributed by atoms with Crippen LogP contribution in [0.1, 0.15) is 0 Å². The third-order valence-electron chi connectivity index (χ3n) is 3.59. The maximum atomic E-state index is 11.0. The summed E-state index contributed by atoms with van der Waals surface area (Å²) in [7, 11) is -9.48. The zero-order chi connectivity index (χ0) is 22.0. The summed E-state index contributed by atoms with van der Waals surface area (Å²) in [4.78, 5) is 4.68. The highest BCUT2D eigenvalue weighted by molar-refractivity contribution is 7.86. The van der Waals surface area contributed by atoms with E-state index >= 15 is 0 Å². The lowest BCUT2D eigenvalue weighted by molar-refractivity contribution is -0.378. The summed E-state index contributed by atoms with van der Waals surface area (Å²) < 4.78 is 66.1. The smallest absolute Gasteiger partial charge is 0.166 e. The first kappa shape index (κ1) is 28.7. The van der Waals surface area contributed by atoms with Gasteiger partial charge in [0, 0.05) is 35.0 Å². The first-order valence-electron chi connectivity index (χ1n) is 8.47. The van der Waals surface area contributed by atoms with Gasteiger partial charge in [-0.25, -0.2) is 26.8 Å². The van der Waals surface area contributed by atoms with Gasteiger partial charge in [-0.15, -0.1) is 0 Å². The van der Waals surface area contributed by atoms with Crippen LogP contribution in [0.5, 0.6) is 0 Å². The van der Waals surface area contributed by atoms with Crippen LogP contribution in [0.4, 0.5) is 0 Å². The minimum atomic E-state index is -4.74. The van der Waals surface area contributed by atoms with E-state index in [2.05, 4.69) is 9.97 Å². The monoisotopic (exact) mass is 482 g/mol. The summed E-state index contributed by atoms with van der Waals surface area (Å²) in [5.41, 5.74) is 0. The van der Waals surface area contributed by atoms with Crippen LogP contribution in [0, 0.1) is 0 Å². The standard InChI is InChI=1S/C10H8O6S2.2C5H5N.2H2O/c11-17(12,13)9-5-1-3-7-8(9)4-2-6-10(7)18(14,15)16;2*1-2-4-6-5-3-1;;/h1-6H,(H,11,12,13)(H,14,15,16);2*1-5H;2*1H2. The van der Waals surface area contributed by atoms with Crippen LogP contribution in [-0.4, -0.2) is 36.9 Å². The van der Waals surface area contributed by atoms with Crippen LogP contribution in [0.25, 0.3) is 10.8 Å². The van der Waals surface area contributed by atoms with E-state index in [4.69, 9.17) is 0 Å². The lowest BCUT2D eigenvalue weighted by Crippen LogP contribution is -2.03. The summed E-state index contributed by atoms with van der Waals surface area (Å²) in [6, 6.07) is 18.8. The Kier molecular flexibility index (Phi) is 11.9. The highest BCUT2D eigenvalue weighted by atomic mass is 32.2. The van der Waals surface area contributed by atoms with Crippen molar-refractivity contribution in [2.45, 2.75) is 9.79 Å². The third kappa shape index (κ3) is 8.85. The van der Waals surface area contributed by atoms with Crippen LogP contribution in [-0.2, 0) is 20.2 Å². The summed E-state index contributed by atoms with van der Waals surface area (Å²) in [6.45, 7) is 0. The van der Waals surface area contributed by atoms with Gasteiger partial charge in [0.15, 0.2) is 24.8 Å². The summed E-state index contributed by atoms with van der Waals surface area (Å²) >= 11 is 0. The molecule has 0 aliphatic carbocycles. The Labute approximate surface area is 185 Å². The van der Waals surface area contributed by atoms with E-state index in [1.54, 1.807) is 0 Å². The predicted molar refractivity (Wildman–Crippen MR) is 113 cm³/mol. The molecule has 4 aromatic rings. The van der Waals surface area contributed by atoms with Gasteiger partial charge in [-0.2, -0.15) is 0 Å². The summed E-state index contributed by atoms with van der Waals surface area (Å²) in [5, 5.41) is -0.158. The number of nitrogens with one attached hydrogen (secondary N) is 2. The van der Waals surface area contributed by atoms with Gasteiger partial charge in [-0.3, -0.25) is 0 Å². The number of hydrogen-bond acceptors (Lipinski definition) is 6. The van der Waals surface area contributed by atoms with Crippen LogP contribution < -0.4 is 9.97 Å². The molecule has 12 heteroatoms. The quantitative estimate of drug-likeness (QED) is 0.359. The summed E-state index contributed by atoms with van der Waals surface area (Å²) in [6.07, 6.45) is 7.50. The Bertz CT molecular complexity index is 1130. The van der Waals surface area contributed by atoms with Crippen LogP contribution in [0.2, 0.25) is 0 Å². The average Bonchev–Trinajstić information content (AvgIpc) is 2.75. The number of rotatable bonds is 2. The van der Waals surface area contributed by atoms with Gasteiger partial charge < -0.3 is 20.1 Å². The van der Waals surface area contributed by atoms with Crippen molar-refractivity contribution in [1.82, 2.24) is 0 Å². The van der Waals surface area contributed by atoms with E-state index in [-0.39, 0.29) is 21.7 Å². The molecule has 0 saturated carbocycles. The first-order chi connectivity index (χ1) is 14.2. The highest BCUT2D eigenvalue weighted by Crippen LogP contribution is 2.27. The number of aromatic nitrogens is 2. The Morgan fingerprint density at radius 3 is 1.00 bits per heavy atom. The van der Waals surface area contributed by atoms with Gasteiger partial charge in [0.05, 0.1) is 9.79 Å². The number of pyridine rings is 2. The van der Waals surface area contributed by atoms with Gasteiger partial charge in [0.1, 0.15) is 20.2 Å². The van der Waals surface area contributed by atoms with Crippen LogP contribution in [0.3, 0.4) is 0 Å². The predicted octanol–water partition coefficient (Wildman–Crippen LogP) is -0.000000000000000167. The second kappa shape index (κ2) is 13.2. The minimum Gasteiger partial charge on any atom is -0.744 e. The zero-order valence-corrected chi connectivity index (χ0v) is 18.1. The molecule has 0 unspecified atom stereocenters. The molecule has 10 nitrogen and oxygen atoms in total. The van der Waals surface area contributed by atoms with E-state index in [9.17, 15) is 25.9 Å². The van der Waals surface area contributed by atoms with Crippen LogP contribution >= 0.6 is 0 Å². The maximum Gasteiger partial charge on any atom is 0.166 e. The fourth-order valence-corrected chi connectivity index (χ4v) is 3.76. The van der Waals surface area contributed by atoms with Crippen LogP contribution in [0.15, 0.2) is 107 Å². The second-order valence-corrected chi connectivity index (χ2v) is 8.37. The molecule has 0 atom stereocenters. The number of hydrogen-bond donors (Lipinski definition) is 0. The Hall–Kier alpha value is -3.26. The van der Waals surface area contributed by atoms with Gasteiger partial charge in [-0.05, 0) is 12.1 Å². The Morgan fingerprint density at radius 2 is 0.812 bits per heavy atom. The Morgan fingerprint density at radius 1 is 0.500 bits per heavy atom. The molecular weight excluding hydrogens is 460 g/mol. The number of fused-ring (bicyclic) bond motifs is 1. The third-order valence-corrected chi connectivity index (χ3v) is 5.38. The van der Waals surface area contributed by atoms with Gasteiger partial charge in [-0.1, -0.05) is 36.4 Å². The molecule has 172 valence electrons. The molecule has 0 radical (unpaired) electrons. The molecule has 2 aromatic carbocycles. The molecule has 0 amide bonds. The van der Waals surface area contributed by atoms with Gasteiger partial charge in [0.2, 0.25) is 0 Å². The fourth-order valence-electron chi connectivity index (χ4n) is 2.37. The Balaban J connectivity index is 0.000000564. The molecule has 0 saturated heterocycles. The average molecular weight is 483 g/mol. The van der Waals surface area contributed by atoms with Crippen molar-refractivity contribution in [3.8, 4) is 0 Å². The molecule has 6 N–H and O–H groups in total. The molecule has 0 spiro atoms. The maximum absolute atomic E-state index is 11.0. The normalized spacial score (nSPS) is 10.2. The molecule has 2 aromatic heterocycles. The molecule has 2 heterocycles. The largest absolute Gasteiger partial charge is 0.744 e. The van der Waals surface area contributed by atoms with Crippen molar-refractivity contribution in [2.24, 2.45) is 0 Å². The molecule has 0 fully saturated rings. The number of aromatic amines is 2. The molecule has 32 heavy (non-hydrogen) atoms. The molecule has 0 aliphatic heterocycles. The zero-order valence-electron chi connectivity index (χ0n) is 16.5. The molecule has 0 aliphatic rings. The van der Waals surface area contributed by atoms with Gasteiger partial charge >= 0.3 is 0 Å². The minimum absolute atomic E-state index is 0. The van der Waals surface area contributed by atoms with Crippen molar-refractivity contribution in [2.75, 3.05) is 0 Å². The van der Waals surface area contributed by atoms with E-state index in [0.717, 1.165) is 12.1 Å². The molecule has 0 bridgehead atoms. The number of H-pyrrole nitrogens is 2. The van der Waals surface area contributed by atoms with E-state index in [1.165, 1.54) is 24.3 Å². The van der Waals surface area contributed by atoms with Crippen molar-refractivity contribution in [1.29, 1.82) is 0 Å². The van der Waals surface area contributed by atoms with Crippen molar-refractivity contribution >= 4 is 31.0 Å². The first-order valence-corrected chi connectivity index (χ1v) is 11.3. The van der Waals surface area contributed by atoms with E-state index in [0.29, 0.717) is 0 Å². The van der Waals surface area contributed by atoms with Crippen molar-refractivity contribution < 1.29 is 46.9 Å². The van der Waals surface area contributed by atoms with Crippen molar-refractivity contribution in [3.05, 3.63) is 97.6 Å². The second-order valence-electron chi connectivity index (χ2n) is 5.67. The van der Waals surface area contributed by atoms with Gasteiger partial charge in [0.25, 0.3) is 0 Å². The number of benzene rings is 2. The molecule has 4 rings (SSSR count). The van der Waals surface area contributed by atoms with Crippen molar-refractivity contribution in [3.63, 3.8) is 0 Å². The highest BCUT2D eigenvalue weighted by Gasteiger charge is 2.12.